The van der Waals surface area contributed by atoms with Crippen molar-refractivity contribution >= 4 is 50.7 Å². The van der Waals surface area contributed by atoms with E-state index >= 15 is 0 Å². The molecule has 2 heterocycles. The molecule has 3 nitrogen and oxygen atoms in total. The van der Waals surface area contributed by atoms with Gasteiger partial charge in [0.2, 0.25) is 0 Å². The number of benzene rings is 3. The molecule has 3 aromatic carbocycles. The summed E-state index contributed by atoms with van der Waals surface area (Å²) in [6, 6.07) is 20.3. The van der Waals surface area contributed by atoms with E-state index in [1.807, 2.05) is 36.4 Å². The van der Waals surface area contributed by atoms with Crippen molar-refractivity contribution in [1.29, 1.82) is 0 Å². The normalized spacial score (nSPS) is 15.1. The fourth-order valence-electron chi connectivity index (χ4n) is 4.57. The number of rotatable bonds is 4. The van der Waals surface area contributed by atoms with Gasteiger partial charge in [-0.25, -0.2) is 0 Å². The molecule has 1 aliphatic rings. The summed E-state index contributed by atoms with van der Waals surface area (Å²) in [6.07, 6.45) is 1.74. The number of aliphatic hydroxyl groups excluding tert-OH is 1. The molecular weight excluding hydrogens is 403 g/mol. The third-order valence-electron chi connectivity index (χ3n) is 5.82. The summed E-state index contributed by atoms with van der Waals surface area (Å²) in [5.41, 5.74) is 4.74. The lowest BCUT2D eigenvalue weighted by Gasteiger charge is -2.33. The van der Waals surface area contributed by atoms with Crippen LogP contribution in [0.1, 0.15) is 12.0 Å². The molecule has 1 N–H and O–H groups in total. The molecule has 1 atom stereocenters. The first-order valence-electron chi connectivity index (χ1n) is 9.98. The number of para-hydroxylation sites is 1. The van der Waals surface area contributed by atoms with Crippen LogP contribution in [0, 0.1) is 0 Å². The van der Waals surface area contributed by atoms with Gasteiger partial charge >= 0.3 is 0 Å². The molecule has 0 spiro atoms. The van der Waals surface area contributed by atoms with Gasteiger partial charge in [-0.3, -0.25) is 0 Å². The number of aromatic nitrogens is 1. The second-order valence-corrected chi connectivity index (χ2v) is 8.64. The van der Waals surface area contributed by atoms with Crippen LogP contribution in [0.3, 0.4) is 0 Å². The standard InChI is InChI=1S/C24H22Cl2N2O/c25-17-7-9-23-20(12-17)21-13-18(26)8-10-24(21)28(23)15-19(29)14-27-11-3-5-16-4-1-2-6-22(16)27/h1-2,4,6-10,12-13,19,29H,3,5,11,14-15H2. The monoisotopic (exact) mass is 424 g/mol. The van der Waals surface area contributed by atoms with Gasteiger partial charge in [0.1, 0.15) is 0 Å². The van der Waals surface area contributed by atoms with Gasteiger partial charge in [0.15, 0.2) is 0 Å². The maximum Gasteiger partial charge on any atom is 0.0893 e. The molecule has 0 bridgehead atoms. The van der Waals surface area contributed by atoms with Crippen LogP contribution in [-0.4, -0.2) is 28.9 Å². The van der Waals surface area contributed by atoms with Gasteiger partial charge in [-0.2, -0.15) is 0 Å². The van der Waals surface area contributed by atoms with E-state index in [1.54, 1.807) is 0 Å². The van der Waals surface area contributed by atoms with Gasteiger partial charge < -0.3 is 14.6 Å². The van der Waals surface area contributed by atoms with E-state index < -0.39 is 6.10 Å². The summed E-state index contributed by atoms with van der Waals surface area (Å²) in [4.78, 5) is 2.31. The molecule has 0 saturated carbocycles. The summed E-state index contributed by atoms with van der Waals surface area (Å²) in [5, 5.41) is 14.5. The van der Waals surface area contributed by atoms with Gasteiger partial charge in [0, 0.05) is 50.6 Å². The maximum atomic E-state index is 11.0. The van der Waals surface area contributed by atoms with Crippen LogP contribution in [-0.2, 0) is 13.0 Å². The first kappa shape index (κ1) is 18.8. The predicted octanol–water partition coefficient (Wildman–Crippen LogP) is 5.92. The van der Waals surface area contributed by atoms with E-state index in [9.17, 15) is 5.11 Å². The summed E-state index contributed by atoms with van der Waals surface area (Å²) in [5.74, 6) is 0. The lowest BCUT2D eigenvalue weighted by atomic mass is 10.0. The molecule has 0 fully saturated rings. The number of hydrogen-bond donors (Lipinski definition) is 1. The highest BCUT2D eigenvalue weighted by atomic mass is 35.5. The molecule has 1 unspecified atom stereocenters. The van der Waals surface area contributed by atoms with Crippen molar-refractivity contribution < 1.29 is 5.11 Å². The second-order valence-electron chi connectivity index (χ2n) is 7.77. The molecule has 0 saturated heterocycles. The molecule has 29 heavy (non-hydrogen) atoms. The van der Waals surface area contributed by atoms with Gasteiger partial charge in [0.05, 0.1) is 12.6 Å². The molecule has 1 aliphatic heterocycles. The Bertz CT molecular complexity index is 1140. The zero-order chi connectivity index (χ0) is 20.0. The highest BCUT2D eigenvalue weighted by Crippen LogP contribution is 2.33. The number of anilines is 1. The van der Waals surface area contributed by atoms with Crippen LogP contribution in [0.4, 0.5) is 5.69 Å². The molecule has 4 aromatic rings. The Balaban J connectivity index is 1.49. The molecule has 5 heteroatoms. The molecule has 148 valence electrons. The quantitative estimate of drug-likeness (QED) is 0.440. The summed E-state index contributed by atoms with van der Waals surface area (Å²) >= 11 is 12.5. The van der Waals surface area contributed by atoms with Crippen molar-refractivity contribution in [3.8, 4) is 0 Å². The summed E-state index contributed by atoms with van der Waals surface area (Å²) in [6.45, 7) is 2.10. The van der Waals surface area contributed by atoms with Crippen molar-refractivity contribution in [2.24, 2.45) is 0 Å². The van der Waals surface area contributed by atoms with Crippen LogP contribution in [0.5, 0.6) is 0 Å². The van der Waals surface area contributed by atoms with Gasteiger partial charge in [-0.15, -0.1) is 0 Å². The van der Waals surface area contributed by atoms with Crippen LogP contribution in [0.25, 0.3) is 21.8 Å². The Morgan fingerprint density at radius 3 is 2.21 bits per heavy atom. The van der Waals surface area contributed by atoms with Crippen LogP contribution in [0.15, 0.2) is 60.7 Å². The number of aryl methyl sites for hydroxylation is 1. The summed E-state index contributed by atoms with van der Waals surface area (Å²) < 4.78 is 2.18. The fraction of sp³-hybridized carbons (Fsp3) is 0.250. The Kier molecular flexibility index (Phi) is 4.91. The SMILES string of the molecule is OC(CN1CCCc2ccccc21)Cn1c2ccc(Cl)cc2c2cc(Cl)ccc21. The van der Waals surface area contributed by atoms with Crippen molar-refractivity contribution in [3.05, 3.63) is 76.3 Å². The maximum absolute atomic E-state index is 11.0. The minimum atomic E-state index is -0.494. The second kappa shape index (κ2) is 7.56. The third-order valence-corrected chi connectivity index (χ3v) is 6.29. The number of aliphatic hydroxyl groups is 1. The van der Waals surface area contributed by atoms with E-state index in [0.717, 1.165) is 41.2 Å². The smallest absolute Gasteiger partial charge is 0.0893 e. The molecule has 0 aliphatic carbocycles. The van der Waals surface area contributed by atoms with Crippen molar-refractivity contribution in [3.63, 3.8) is 0 Å². The molecule has 0 radical (unpaired) electrons. The van der Waals surface area contributed by atoms with Gasteiger partial charge in [-0.1, -0.05) is 41.4 Å². The number of fused-ring (bicyclic) bond motifs is 4. The zero-order valence-electron chi connectivity index (χ0n) is 16.0. The van der Waals surface area contributed by atoms with Crippen molar-refractivity contribution in [1.82, 2.24) is 4.57 Å². The van der Waals surface area contributed by atoms with E-state index in [4.69, 9.17) is 23.2 Å². The van der Waals surface area contributed by atoms with E-state index in [-0.39, 0.29) is 0 Å². The predicted molar refractivity (Wildman–Crippen MR) is 122 cm³/mol. The Labute approximate surface area is 180 Å². The highest BCUT2D eigenvalue weighted by Gasteiger charge is 2.21. The van der Waals surface area contributed by atoms with Crippen molar-refractivity contribution in [2.75, 3.05) is 18.0 Å². The summed E-state index contributed by atoms with van der Waals surface area (Å²) in [7, 11) is 0. The van der Waals surface area contributed by atoms with E-state index in [2.05, 4.69) is 33.7 Å². The van der Waals surface area contributed by atoms with Crippen molar-refractivity contribution in [2.45, 2.75) is 25.5 Å². The minimum Gasteiger partial charge on any atom is -0.389 e. The van der Waals surface area contributed by atoms with Crippen LogP contribution in [0.2, 0.25) is 10.0 Å². The molecule has 5 rings (SSSR count). The van der Waals surface area contributed by atoms with Crippen LogP contribution < -0.4 is 4.90 Å². The van der Waals surface area contributed by atoms with Gasteiger partial charge in [-0.05, 0) is 60.9 Å². The van der Waals surface area contributed by atoms with Crippen LogP contribution >= 0.6 is 23.2 Å². The average molecular weight is 425 g/mol. The lowest BCUT2D eigenvalue weighted by molar-refractivity contribution is 0.161. The Morgan fingerprint density at radius 2 is 1.52 bits per heavy atom. The average Bonchev–Trinajstić information content (AvgIpc) is 3.00. The Morgan fingerprint density at radius 1 is 0.862 bits per heavy atom. The first-order valence-corrected chi connectivity index (χ1v) is 10.7. The number of hydrogen-bond acceptors (Lipinski definition) is 2. The number of nitrogens with zero attached hydrogens (tertiary/aromatic N) is 2. The first-order chi connectivity index (χ1) is 14.1. The largest absolute Gasteiger partial charge is 0.389 e. The fourth-order valence-corrected chi connectivity index (χ4v) is 4.91. The molecule has 1 aromatic heterocycles. The van der Waals surface area contributed by atoms with E-state index in [0.29, 0.717) is 23.1 Å². The zero-order valence-corrected chi connectivity index (χ0v) is 17.5. The van der Waals surface area contributed by atoms with E-state index in [1.165, 1.54) is 11.3 Å². The number of halogens is 2. The topological polar surface area (TPSA) is 28.4 Å². The van der Waals surface area contributed by atoms with Gasteiger partial charge in [0.25, 0.3) is 0 Å². The lowest BCUT2D eigenvalue weighted by Crippen LogP contribution is -2.38. The highest BCUT2D eigenvalue weighted by molar-refractivity contribution is 6.33. The minimum absolute atomic E-state index is 0.494. The number of β-amino-alcohol motifs (C(OH)–C–C–N with tert-alkyl or cyclic N) is 1. The molecular formula is C24H22Cl2N2O. The molecule has 0 amide bonds. The third kappa shape index (κ3) is 3.48. The Hall–Kier alpha value is -2.20.